The highest BCUT2D eigenvalue weighted by Crippen LogP contribution is 2.26. The second-order valence-corrected chi connectivity index (χ2v) is 5.81. The fourth-order valence-corrected chi connectivity index (χ4v) is 3.14. The number of hydrogen-bond donors (Lipinski definition) is 1. The SMILES string of the molecule is CCCC(CCC)C(Cc1c(F)cccc1Cl)NCC. The van der Waals surface area contributed by atoms with Crippen LogP contribution in [0.15, 0.2) is 18.2 Å². The van der Waals surface area contributed by atoms with Crippen LogP contribution in [0.2, 0.25) is 5.02 Å². The average Bonchev–Trinajstić information content (AvgIpc) is 2.42. The van der Waals surface area contributed by atoms with Gasteiger partial charge in [0, 0.05) is 16.6 Å². The van der Waals surface area contributed by atoms with Crippen molar-refractivity contribution in [2.45, 2.75) is 58.9 Å². The predicted molar refractivity (Wildman–Crippen MR) is 85.9 cm³/mol. The van der Waals surface area contributed by atoms with Crippen LogP contribution in [-0.4, -0.2) is 12.6 Å². The van der Waals surface area contributed by atoms with Crippen molar-refractivity contribution in [3.63, 3.8) is 0 Å². The van der Waals surface area contributed by atoms with E-state index in [9.17, 15) is 4.39 Å². The van der Waals surface area contributed by atoms with Gasteiger partial charge in [0.15, 0.2) is 0 Å². The van der Waals surface area contributed by atoms with E-state index in [1.807, 2.05) is 0 Å². The zero-order valence-electron chi connectivity index (χ0n) is 12.9. The second-order valence-electron chi connectivity index (χ2n) is 5.41. The topological polar surface area (TPSA) is 12.0 Å². The molecule has 114 valence electrons. The van der Waals surface area contributed by atoms with Crippen LogP contribution in [0.3, 0.4) is 0 Å². The lowest BCUT2D eigenvalue weighted by Crippen LogP contribution is -2.38. The summed E-state index contributed by atoms with van der Waals surface area (Å²) in [5, 5.41) is 4.07. The van der Waals surface area contributed by atoms with Crippen molar-refractivity contribution in [2.24, 2.45) is 5.92 Å². The monoisotopic (exact) mass is 299 g/mol. The van der Waals surface area contributed by atoms with Crippen LogP contribution < -0.4 is 5.32 Å². The van der Waals surface area contributed by atoms with E-state index >= 15 is 0 Å². The smallest absolute Gasteiger partial charge is 0.127 e. The van der Waals surface area contributed by atoms with E-state index in [1.54, 1.807) is 12.1 Å². The van der Waals surface area contributed by atoms with Crippen LogP contribution in [0.5, 0.6) is 0 Å². The molecule has 20 heavy (non-hydrogen) atoms. The molecule has 0 radical (unpaired) electrons. The Morgan fingerprint density at radius 3 is 2.30 bits per heavy atom. The number of nitrogens with one attached hydrogen (secondary N) is 1. The first kappa shape index (κ1) is 17.5. The molecule has 1 aromatic rings. The number of halogens is 2. The molecule has 0 fully saturated rings. The molecule has 0 amide bonds. The Morgan fingerprint density at radius 2 is 1.80 bits per heavy atom. The van der Waals surface area contributed by atoms with E-state index in [4.69, 9.17) is 11.6 Å². The molecule has 0 saturated heterocycles. The highest BCUT2D eigenvalue weighted by atomic mass is 35.5. The molecule has 0 aliphatic heterocycles. The van der Waals surface area contributed by atoms with Gasteiger partial charge < -0.3 is 5.32 Å². The van der Waals surface area contributed by atoms with Gasteiger partial charge in [0.1, 0.15) is 5.82 Å². The van der Waals surface area contributed by atoms with Crippen LogP contribution in [0.25, 0.3) is 0 Å². The summed E-state index contributed by atoms with van der Waals surface area (Å²) in [5.41, 5.74) is 0.650. The summed E-state index contributed by atoms with van der Waals surface area (Å²) in [5.74, 6) is 0.396. The van der Waals surface area contributed by atoms with Crippen molar-refractivity contribution in [1.29, 1.82) is 0 Å². The quantitative estimate of drug-likeness (QED) is 0.659. The maximum Gasteiger partial charge on any atom is 0.127 e. The van der Waals surface area contributed by atoms with Crippen molar-refractivity contribution >= 4 is 11.6 Å². The maximum absolute atomic E-state index is 14.0. The summed E-state index contributed by atoms with van der Waals surface area (Å²) in [6.07, 6.45) is 5.36. The van der Waals surface area contributed by atoms with Gasteiger partial charge in [-0.3, -0.25) is 0 Å². The lowest BCUT2D eigenvalue weighted by molar-refractivity contribution is 0.310. The molecule has 1 N–H and O–H groups in total. The number of benzene rings is 1. The van der Waals surface area contributed by atoms with Crippen molar-refractivity contribution in [3.05, 3.63) is 34.6 Å². The summed E-state index contributed by atoms with van der Waals surface area (Å²) >= 11 is 6.16. The molecule has 3 heteroatoms. The average molecular weight is 300 g/mol. The minimum Gasteiger partial charge on any atom is -0.314 e. The summed E-state index contributed by atoms with van der Waals surface area (Å²) in [6.45, 7) is 7.43. The third kappa shape index (κ3) is 5.06. The van der Waals surface area contributed by atoms with E-state index in [0.29, 0.717) is 29.0 Å². The highest BCUT2D eigenvalue weighted by Gasteiger charge is 2.22. The lowest BCUT2D eigenvalue weighted by Gasteiger charge is -2.28. The van der Waals surface area contributed by atoms with Gasteiger partial charge in [-0.05, 0) is 43.9 Å². The molecular formula is C17H27ClFN. The minimum absolute atomic E-state index is 0.188. The number of rotatable bonds is 9. The van der Waals surface area contributed by atoms with Gasteiger partial charge in [-0.1, -0.05) is 51.3 Å². The van der Waals surface area contributed by atoms with Crippen LogP contribution in [0, 0.1) is 11.7 Å². The van der Waals surface area contributed by atoms with Crippen LogP contribution >= 0.6 is 11.6 Å². The highest BCUT2D eigenvalue weighted by molar-refractivity contribution is 6.31. The van der Waals surface area contributed by atoms with Gasteiger partial charge in [0.25, 0.3) is 0 Å². The molecule has 0 bridgehead atoms. The Kier molecular flexibility index (Phi) is 8.16. The van der Waals surface area contributed by atoms with Crippen LogP contribution in [0.1, 0.15) is 52.0 Å². The van der Waals surface area contributed by atoms with Gasteiger partial charge in [-0.15, -0.1) is 0 Å². The maximum atomic E-state index is 14.0. The van der Waals surface area contributed by atoms with Crippen molar-refractivity contribution in [3.8, 4) is 0 Å². The fourth-order valence-electron chi connectivity index (χ4n) is 2.90. The lowest BCUT2D eigenvalue weighted by atomic mass is 9.86. The normalized spacial score (nSPS) is 12.9. The van der Waals surface area contributed by atoms with Crippen LogP contribution in [-0.2, 0) is 6.42 Å². The predicted octanol–water partition coefficient (Wildman–Crippen LogP) is 5.22. The molecule has 0 saturated carbocycles. The first-order valence-electron chi connectivity index (χ1n) is 7.80. The van der Waals surface area contributed by atoms with Crippen LogP contribution in [0.4, 0.5) is 4.39 Å². The molecule has 1 rings (SSSR count). The standard InChI is InChI=1S/C17H27ClFN/c1-4-8-13(9-5-2)17(20-6-3)12-14-15(18)10-7-11-16(14)19/h7,10-11,13,17,20H,4-6,8-9,12H2,1-3H3. The Labute approximate surface area is 127 Å². The van der Waals surface area contributed by atoms with Gasteiger partial charge in [0.2, 0.25) is 0 Å². The minimum atomic E-state index is -0.188. The number of likely N-dealkylation sites (N-methyl/N-ethyl adjacent to an activating group) is 1. The first-order valence-corrected chi connectivity index (χ1v) is 8.18. The molecule has 1 aromatic carbocycles. The molecule has 0 heterocycles. The molecular weight excluding hydrogens is 273 g/mol. The Morgan fingerprint density at radius 1 is 1.15 bits per heavy atom. The van der Waals surface area contributed by atoms with Crippen molar-refractivity contribution in [1.82, 2.24) is 5.32 Å². The Hall–Kier alpha value is -0.600. The van der Waals surface area contributed by atoms with E-state index in [-0.39, 0.29) is 5.82 Å². The summed E-state index contributed by atoms with van der Waals surface area (Å²) in [6, 6.07) is 5.24. The molecule has 0 aliphatic rings. The summed E-state index contributed by atoms with van der Waals surface area (Å²) < 4.78 is 14.0. The zero-order chi connectivity index (χ0) is 15.0. The largest absolute Gasteiger partial charge is 0.314 e. The Balaban J connectivity index is 2.89. The van der Waals surface area contributed by atoms with Gasteiger partial charge >= 0.3 is 0 Å². The Bertz CT molecular complexity index is 368. The van der Waals surface area contributed by atoms with Gasteiger partial charge in [0.05, 0.1) is 0 Å². The van der Waals surface area contributed by atoms with Gasteiger partial charge in [-0.25, -0.2) is 4.39 Å². The third-order valence-corrected chi connectivity index (χ3v) is 4.19. The van der Waals surface area contributed by atoms with Gasteiger partial charge in [-0.2, -0.15) is 0 Å². The molecule has 1 unspecified atom stereocenters. The molecule has 1 atom stereocenters. The van der Waals surface area contributed by atoms with E-state index in [0.717, 1.165) is 19.4 Å². The summed E-state index contributed by atoms with van der Waals surface area (Å²) in [7, 11) is 0. The first-order chi connectivity index (χ1) is 9.63. The fraction of sp³-hybridized carbons (Fsp3) is 0.647. The molecule has 0 spiro atoms. The summed E-state index contributed by atoms with van der Waals surface area (Å²) in [4.78, 5) is 0. The second kappa shape index (κ2) is 9.36. The van der Waals surface area contributed by atoms with E-state index < -0.39 is 0 Å². The third-order valence-electron chi connectivity index (χ3n) is 3.84. The molecule has 0 aliphatic carbocycles. The van der Waals surface area contributed by atoms with E-state index in [2.05, 4.69) is 26.1 Å². The van der Waals surface area contributed by atoms with E-state index in [1.165, 1.54) is 18.9 Å². The number of hydrogen-bond acceptors (Lipinski definition) is 1. The zero-order valence-corrected chi connectivity index (χ0v) is 13.6. The van der Waals surface area contributed by atoms with Crippen molar-refractivity contribution < 1.29 is 4.39 Å². The molecule has 1 nitrogen and oxygen atoms in total. The molecule has 0 aromatic heterocycles. The van der Waals surface area contributed by atoms with Crippen molar-refractivity contribution in [2.75, 3.05) is 6.54 Å².